The van der Waals surface area contributed by atoms with E-state index in [4.69, 9.17) is 0 Å². The van der Waals surface area contributed by atoms with Crippen LogP contribution in [0.15, 0.2) is 11.6 Å². The topological polar surface area (TPSA) is 17.1 Å². The number of hydrogen-bond acceptors (Lipinski definition) is 1. The van der Waals surface area contributed by atoms with E-state index in [1.54, 1.807) is 0 Å². The lowest BCUT2D eigenvalue weighted by atomic mass is 9.98. The molecule has 0 radical (unpaired) electrons. The van der Waals surface area contributed by atoms with Crippen LogP contribution in [0, 0.1) is 11.8 Å². The Morgan fingerprint density at radius 1 is 1.46 bits per heavy atom. The van der Waals surface area contributed by atoms with Crippen LogP contribution in [0.5, 0.6) is 0 Å². The Kier molecular flexibility index (Phi) is 4.20. The van der Waals surface area contributed by atoms with Gasteiger partial charge in [-0.05, 0) is 32.1 Å². The highest BCUT2D eigenvalue weighted by Crippen LogP contribution is 2.27. The third kappa shape index (κ3) is 3.75. The Morgan fingerprint density at radius 3 is 2.62 bits per heavy atom. The summed E-state index contributed by atoms with van der Waals surface area (Å²) in [4.78, 5) is 10.5. The van der Waals surface area contributed by atoms with Crippen LogP contribution in [0.3, 0.4) is 0 Å². The lowest BCUT2D eigenvalue weighted by Crippen LogP contribution is -1.97. The van der Waals surface area contributed by atoms with Gasteiger partial charge in [-0.1, -0.05) is 31.4 Å². The highest BCUT2D eigenvalue weighted by atomic mass is 16.1. The molecule has 1 aliphatic rings. The predicted octanol–water partition coefficient (Wildman–Crippen LogP) is 3.35. The van der Waals surface area contributed by atoms with E-state index in [1.807, 2.05) is 6.92 Å². The van der Waals surface area contributed by atoms with Gasteiger partial charge in [0.2, 0.25) is 0 Å². The molecule has 0 amide bonds. The van der Waals surface area contributed by atoms with Gasteiger partial charge in [0.15, 0.2) is 0 Å². The first-order valence-electron chi connectivity index (χ1n) is 5.35. The normalized spacial score (nSPS) is 21.8. The SMILES string of the molecule is CC(=CC1CCCC1)CC(C)C=O. The third-order valence-corrected chi connectivity index (χ3v) is 2.80. The summed E-state index contributed by atoms with van der Waals surface area (Å²) in [5.74, 6) is 0.997. The van der Waals surface area contributed by atoms with E-state index < -0.39 is 0 Å². The van der Waals surface area contributed by atoms with Crippen LogP contribution >= 0.6 is 0 Å². The van der Waals surface area contributed by atoms with Gasteiger partial charge in [0.1, 0.15) is 6.29 Å². The van der Waals surface area contributed by atoms with Crippen LogP contribution < -0.4 is 0 Å². The second kappa shape index (κ2) is 5.21. The van der Waals surface area contributed by atoms with Crippen molar-refractivity contribution in [3.05, 3.63) is 11.6 Å². The first-order valence-corrected chi connectivity index (χ1v) is 5.35. The molecule has 0 bridgehead atoms. The summed E-state index contributed by atoms with van der Waals surface area (Å²) in [5.41, 5.74) is 1.39. The van der Waals surface area contributed by atoms with Crippen LogP contribution in [0.1, 0.15) is 46.0 Å². The molecule has 1 aliphatic carbocycles. The Hall–Kier alpha value is -0.590. The summed E-state index contributed by atoms with van der Waals surface area (Å²) in [6.07, 6.45) is 9.86. The van der Waals surface area contributed by atoms with Crippen molar-refractivity contribution in [1.82, 2.24) is 0 Å². The van der Waals surface area contributed by atoms with Crippen molar-refractivity contribution in [3.8, 4) is 0 Å². The highest BCUT2D eigenvalue weighted by molar-refractivity contribution is 5.53. The largest absolute Gasteiger partial charge is 0.303 e. The number of carbonyl (C=O) groups excluding carboxylic acids is 1. The summed E-state index contributed by atoms with van der Waals surface area (Å²) in [6.45, 7) is 4.14. The molecule has 1 heteroatoms. The van der Waals surface area contributed by atoms with E-state index in [2.05, 4.69) is 13.0 Å². The quantitative estimate of drug-likeness (QED) is 0.479. The Labute approximate surface area is 81.2 Å². The molecule has 1 saturated carbocycles. The molecule has 0 heterocycles. The van der Waals surface area contributed by atoms with Gasteiger partial charge >= 0.3 is 0 Å². The van der Waals surface area contributed by atoms with Gasteiger partial charge in [0, 0.05) is 5.92 Å². The number of rotatable bonds is 4. The van der Waals surface area contributed by atoms with Crippen LogP contribution in [0.2, 0.25) is 0 Å². The smallest absolute Gasteiger partial charge is 0.123 e. The van der Waals surface area contributed by atoms with Crippen LogP contribution in [0.25, 0.3) is 0 Å². The van der Waals surface area contributed by atoms with Crippen molar-refractivity contribution in [2.75, 3.05) is 0 Å². The maximum absolute atomic E-state index is 10.5. The van der Waals surface area contributed by atoms with E-state index >= 15 is 0 Å². The lowest BCUT2D eigenvalue weighted by molar-refractivity contribution is -0.110. The van der Waals surface area contributed by atoms with Gasteiger partial charge < -0.3 is 4.79 Å². The van der Waals surface area contributed by atoms with Gasteiger partial charge in [-0.2, -0.15) is 0 Å². The maximum atomic E-state index is 10.5. The first kappa shape index (κ1) is 10.5. The van der Waals surface area contributed by atoms with Crippen LogP contribution in [-0.4, -0.2) is 6.29 Å². The number of carbonyl (C=O) groups is 1. The molecule has 13 heavy (non-hydrogen) atoms. The Bertz CT molecular complexity index is 187. The van der Waals surface area contributed by atoms with E-state index in [1.165, 1.54) is 31.3 Å². The van der Waals surface area contributed by atoms with Crippen molar-refractivity contribution in [2.24, 2.45) is 11.8 Å². The molecule has 0 spiro atoms. The zero-order chi connectivity index (χ0) is 9.68. The monoisotopic (exact) mass is 180 g/mol. The third-order valence-electron chi connectivity index (χ3n) is 2.80. The minimum absolute atomic E-state index is 0.192. The van der Waals surface area contributed by atoms with Gasteiger partial charge in [-0.3, -0.25) is 0 Å². The molecule has 0 N–H and O–H groups in total. The number of allylic oxidation sites excluding steroid dienone is 2. The maximum Gasteiger partial charge on any atom is 0.123 e. The molecule has 1 nitrogen and oxygen atoms in total. The Morgan fingerprint density at radius 2 is 2.08 bits per heavy atom. The van der Waals surface area contributed by atoms with Crippen molar-refractivity contribution >= 4 is 6.29 Å². The molecule has 1 atom stereocenters. The average Bonchev–Trinajstić information content (AvgIpc) is 2.56. The summed E-state index contributed by atoms with van der Waals surface area (Å²) in [7, 11) is 0. The molecule has 1 unspecified atom stereocenters. The molecular formula is C12H20O. The standard InChI is InChI=1S/C12H20O/c1-10(7-11(2)9-13)8-12-5-3-4-6-12/h8-9,11-12H,3-7H2,1-2H3. The first-order chi connectivity index (χ1) is 6.22. The average molecular weight is 180 g/mol. The molecule has 0 aliphatic heterocycles. The van der Waals surface area contributed by atoms with Crippen molar-refractivity contribution < 1.29 is 4.79 Å². The van der Waals surface area contributed by atoms with Crippen LogP contribution in [0.4, 0.5) is 0 Å². The summed E-state index contributed by atoms with van der Waals surface area (Å²) >= 11 is 0. The van der Waals surface area contributed by atoms with Crippen LogP contribution in [-0.2, 0) is 4.79 Å². The van der Waals surface area contributed by atoms with Gasteiger partial charge in [0.25, 0.3) is 0 Å². The minimum Gasteiger partial charge on any atom is -0.303 e. The summed E-state index contributed by atoms with van der Waals surface area (Å²) in [6, 6.07) is 0. The highest BCUT2D eigenvalue weighted by Gasteiger charge is 2.12. The van der Waals surface area contributed by atoms with Gasteiger partial charge in [-0.25, -0.2) is 0 Å². The van der Waals surface area contributed by atoms with Crippen molar-refractivity contribution in [2.45, 2.75) is 46.0 Å². The number of aldehydes is 1. The molecule has 1 fully saturated rings. The van der Waals surface area contributed by atoms with E-state index in [-0.39, 0.29) is 5.92 Å². The van der Waals surface area contributed by atoms with Crippen molar-refractivity contribution in [1.29, 1.82) is 0 Å². The fourth-order valence-electron chi connectivity index (χ4n) is 2.15. The van der Waals surface area contributed by atoms with E-state index in [0.29, 0.717) is 0 Å². The molecule has 0 aromatic rings. The molecule has 74 valence electrons. The zero-order valence-electron chi connectivity index (χ0n) is 8.75. The second-order valence-corrected chi connectivity index (χ2v) is 4.38. The van der Waals surface area contributed by atoms with Gasteiger partial charge in [0.05, 0.1) is 0 Å². The second-order valence-electron chi connectivity index (χ2n) is 4.38. The predicted molar refractivity (Wildman–Crippen MR) is 55.6 cm³/mol. The molecule has 1 rings (SSSR count). The fraction of sp³-hybridized carbons (Fsp3) is 0.750. The fourth-order valence-corrected chi connectivity index (χ4v) is 2.15. The van der Waals surface area contributed by atoms with Crippen molar-refractivity contribution in [3.63, 3.8) is 0 Å². The Balaban J connectivity index is 2.35. The molecule has 0 aromatic heterocycles. The van der Waals surface area contributed by atoms with E-state index in [9.17, 15) is 4.79 Å². The zero-order valence-corrected chi connectivity index (χ0v) is 8.75. The van der Waals surface area contributed by atoms with E-state index in [0.717, 1.165) is 18.6 Å². The minimum atomic E-state index is 0.192. The molecular weight excluding hydrogens is 160 g/mol. The number of hydrogen-bond donors (Lipinski definition) is 0. The molecule has 0 saturated heterocycles. The molecule has 0 aromatic carbocycles. The summed E-state index contributed by atoms with van der Waals surface area (Å²) < 4.78 is 0. The lowest BCUT2D eigenvalue weighted by Gasteiger charge is -2.07. The van der Waals surface area contributed by atoms with Gasteiger partial charge in [-0.15, -0.1) is 0 Å². The summed E-state index contributed by atoms with van der Waals surface area (Å²) in [5, 5.41) is 0.